The zero-order valence-corrected chi connectivity index (χ0v) is 18.8. The van der Waals surface area contributed by atoms with Crippen LogP contribution >= 0.6 is 0 Å². The average Bonchev–Trinajstić information content (AvgIpc) is 3.46. The van der Waals surface area contributed by atoms with Crippen molar-refractivity contribution in [3.05, 3.63) is 71.8 Å². The van der Waals surface area contributed by atoms with E-state index < -0.39 is 0 Å². The topological polar surface area (TPSA) is 88.4 Å². The molecule has 3 heterocycles. The van der Waals surface area contributed by atoms with Crippen LogP contribution in [0.2, 0.25) is 0 Å². The molecular weight excluding hydrogens is 416 g/mol. The molecule has 0 bridgehead atoms. The van der Waals surface area contributed by atoms with Crippen LogP contribution in [0.1, 0.15) is 36.5 Å². The number of hydrogen-bond donors (Lipinski definition) is 1. The van der Waals surface area contributed by atoms with E-state index in [4.69, 9.17) is 8.94 Å². The third-order valence-corrected chi connectivity index (χ3v) is 6.43. The lowest BCUT2D eigenvalue weighted by Gasteiger charge is -2.31. The van der Waals surface area contributed by atoms with Gasteiger partial charge in [-0.1, -0.05) is 47.6 Å². The van der Waals surface area contributed by atoms with E-state index in [0.29, 0.717) is 29.8 Å². The molecule has 0 unspecified atom stereocenters. The van der Waals surface area contributed by atoms with Gasteiger partial charge in [0.05, 0.1) is 6.54 Å². The van der Waals surface area contributed by atoms with Crippen molar-refractivity contribution in [2.45, 2.75) is 39.2 Å². The average molecular weight is 445 g/mol. The van der Waals surface area contributed by atoms with Gasteiger partial charge < -0.3 is 14.0 Å². The molecule has 0 atom stereocenters. The number of rotatable bonds is 7. The molecule has 1 aliphatic heterocycles. The number of benzene rings is 2. The van der Waals surface area contributed by atoms with E-state index in [2.05, 4.69) is 20.3 Å². The highest BCUT2D eigenvalue weighted by molar-refractivity contribution is 5.77. The first-order valence-corrected chi connectivity index (χ1v) is 11.5. The summed E-state index contributed by atoms with van der Waals surface area (Å²) in [6.45, 7) is 4.57. The maximum absolute atomic E-state index is 9.43. The fourth-order valence-corrected chi connectivity index (χ4v) is 4.49. The summed E-state index contributed by atoms with van der Waals surface area (Å²) in [6, 6.07) is 17.4. The van der Waals surface area contributed by atoms with Gasteiger partial charge in [0.1, 0.15) is 22.8 Å². The highest BCUT2D eigenvalue weighted by Crippen LogP contribution is 2.33. The van der Waals surface area contributed by atoms with Crippen LogP contribution in [0.5, 0.6) is 5.75 Å². The molecule has 0 amide bonds. The summed E-state index contributed by atoms with van der Waals surface area (Å²) < 4.78 is 11.5. The maximum atomic E-state index is 9.43. The van der Waals surface area contributed by atoms with E-state index in [0.717, 1.165) is 42.2 Å². The molecule has 2 aromatic carbocycles. The Morgan fingerprint density at radius 2 is 1.76 bits per heavy atom. The van der Waals surface area contributed by atoms with Crippen molar-refractivity contribution in [2.75, 3.05) is 13.1 Å². The molecule has 170 valence electrons. The third-order valence-electron chi connectivity index (χ3n) is 6.43. The molecule has 4 aromatic rings. The van der Waals surface area contributed by atoms with Gasteiger partial charge in [0, 0.05) is 5.56 Å². The molecular formula is C26H28N4O3. The standard InChI is InChI=1S/C26H28N4O3/c1-18-24(25(29-33-18)21-5-3-2-4-6-21)26-28-27-23(32-26)17-30-15-13-20(14-16-30)8-7-19-9-11-22(31)12-10-19/h2-6,9-12,20,31H,7-8,13-17H2,1H3. The van der Waals surface area contributed by atoms with E-state index >= 15 is 0 Å². The Hall–Kier alpha value is -3.45. The molecule has 2 aromatic heterocycles. The number of aryl methyl sites for hydroxylation is 2. The zero-order valence-electron chi connectivity index (χ0n) is 18.8. The number of piperidine rings is 1. The van der Waals surface area contributed by atoms with Gasteiger partial charge in [-0.15, -0.1) is 10.2 Å². The van der Waals surface area contributed by atoms with Crippen LogP contribution < -0.4 is 0 Å². The molecule has 0 spiro atoms. The summed E-state index contributed by atoms with van der Waals surface area (Å²) in [4.78, 5) is 2.38. The highest BCUT2D eigenvalue weighted by Gasteiger charge is 2.24. The predicted octanol–water partition coefficient (Wildman–Crippen LogP) is 5.25. The van der Waals surface area contributed by atoms with Crippen molar-refractivity contribution < 1.29 is 14.0 Å². The van der Waals surface area contributed by atoms with Crippen LogP contribution in [0.25, 0.3) is 22.7 Å². The summed E-state index contributed by atoms with van der Waals surface area (Å²) in [5.74, 6) is 2.78. The van der Waals surface area contributed by atoms with Gasteiger partial charge in [-0.25, -0.2) is 0 Å². The first-order chi connectivity index (χ1) is 16.2. The van der Waals surface area contributed by atoms with E-state index in [1.54, 1.807) is 12.1 Å². The van der Waals surface area contributed by atoms with Crippen molar-refractivity contribution in [2.24, 2.45) is 5.92 Å². The fourth-order valence-electron chi connectivity index (χ4n) is 4.49. The van der Waals surface area contributed by atoms with Crippen LogP contribution in [0, 0.1) is 12.8 Å². The van der Waals surface area contributed by atoms with Crippen molar-refractivity contribution in [1.29, 1.82) is 0 Å². The second-order valence-corrected chi connectivity index (χ2v) is 8.75. The van der Waals surface area contributed by atoms with E-state index in [9.17, 15) is 5.11 Å². The summed E-state index contributed by atoms with van der Waals surface area (Å²) in [5.41, 5.74) is 3.72. The van der Waals surface area contributed by atoms with Crippen LogP contribution in [0.3, 0.4) is 0 Å². The highest BCUT2D eigenvalue weighted by atomic mass is 16.5. The van der Waals surface area contributed by atoms with Gasteiger partial charge in [0.25, 0.3) is 5.89 Å². The van der Waals surface area contributed by atoms with Crippen molar-refractivity contribution in [3.63, 3.8) is 0 Å². The third kappa shape index (κ3) is 4.98. The van der Waals surface area contributed by atoms with Crippen LogP contribution in [-0.4, -0.2) is 38.4 Å². The van der Waals surface area contributed by atoms with Crippen molar-refractivity contribution >= 4 is 0 Å². The van der Waals surface area contributed by atoms with E-state index in [1.807, 2.05) is 49.4 Å². The van der Waals surface area contributed by atoms with Gasteiger partial charge in [-0.3, -0.25) is 4.90 Å². The lowest BCUT2D eigenvalue weighted by molar-refractivity contribution is 0.160. The quantitative estimate of drug-likeness (QED) is 0.416. The molecule has 1 fully saturated rings. The van der Waals surface area contributed by atoms with Gasteiger partial charge in [-0.2, -0.15) is 0 Å². The van der Waals surface area contributed by atoms with Gasteiger partial charge in [0.15, 0.2) is 0 Å². The molecule has 7 nitrogen and oxygen atoms in total. The number of likely N-dealkylation sites (tertiary alicyclic amines) is 1. The minimum Gasteiger partial charge on any atom is -0.508 e. The minimum absolute atomic E-state index is 0.326. The minimum atomic E-state index is 0.326. The Balaban J connectivity index is 1.17. The largest absolute Gasteiger partial charge is 0.508 e. The number of phenols is 1. The van der Waals surface area contributed by atoms with Gasteiger partial charge in [0.2, 0.25) is 5.89 Å². The summed E-state index contributed by atoms with van der Waals surface area (Å²) >= 11 is 0. The smallest absolute Gasteiger partial charge is 0.253 e. The number of nitrogens with zero attached hydrogens (tertiary/aromatic N) is 4. The first kappa shape index (κ1) is 21.4. The molecule has 1 saturated heterocycles. The maximum Gasteiger partial charge on any atom is 0.253 e. The monoisotopic (exact) mass is 444 g/mol. The fraction of sp³-hybridized carbons (Fsp3) is 0.346. The van der Waals surface area contributed by atoms with Crippen LogP contribution in [0.4, 0.5) is 0 Å². The molecule has 1 N–H and O–H groups in total. The Bertz CT molecular complexity index is 1180. The lowest BCUT2D eigenvalue weighted by Crippen LogP contribution is -2.33. The Kier molecular flexibility index (Phi) is 6.21. The summed E-state index contributed by atoms with van der Waals surface area (Å²) in [5, 5.41) is 22.2. The number of aromatic hydroxyl groups is 1. The van der Waals surface area contributed by atoms with E-state index in [1.165, 1.54) is 24.8 Å². The summed E-state index contributed by atoms with van der Waals surface area (Å²) in [6.07, 6.45) is 4.57. The van der Waals surface area contributed by atoms with Crippen molar-refractivity contribution in [1.82, 2.24) is 20.3 Å². The number of aromatic nitrogens is 3. The predicted molar refractivity (Wildman–Crippen MR) is 124 cm³/mol. The Morgan fingerprint density at radius 1 is 1.00 bits per heavy atom. The van der Waals surface area contributed by atoms with Gasteiger partial charge in [-0.05, 0) is 69.3 Å². The number of phenolic OH excluding ortho intramolecular Hbond substituents is 1. The van der Waals surface area contributed by atoms with Crippen LogP contribution in [-0.2, 0) is 13.0 Å². The SMILES string of the molecule is Cc1onc(-c2ccccc2)c1-c1nnc(CN2CCC(CCc3ccc(O)cc3)CC2)o1. The molecule has 0 aliphatic carbocycles. The molecule has 33 heavy (non-hydrogen) atoms. The number of hydrogen-bond acceptors (Lipinski definition) is 7. The molecule has 0 saturated carbocycles. The second-order valence-electron chi connectivity index (χ2n) is 8.75. The summed E-state index contributed by atoms with van der Waals surface area (Å²) in [7, 11) is 0. The zero-order chi connectivity index (χ0) is 22.6. The molecule has 1 aliphatic rings. The second kappa shape index (κ2) is 9.58. The Labute approximate surface area is 193 Å². The molecule has 5 rings (SSSR count). The van der Waals surface area contributed by atoms with E-state index in [-0.39, 0.29) is 0 Å². The van der Waals surface area contributed by atoms with Crippen LogP contribution in [0.15, 0.2) is 63.5 Å². The molecule has 7 heteroatoms. The Morgan fingerprint density at radius 3 is 2.52 bits per heavy atom. The van der Waals surface area contributed by atoms with Crippen molar-refractivity contribution in [3.8, 4) is 28.5 Å². The normalized spacial score (nSPS) is 15.2. The molecule has 0 radical (unpaired) electrons. The lowest BCUT2D eigenvalue weighted by atomic mass is 9.90. The first-order valence-electron chi connectivity index (χ1n) is 11.5. The van der Waals surface area contributed by atoms with Gasteiger partial charge >= 0.3 is 0 Å².